The van der Waals surface area contributed by atoms with Gasteiger partial charge in [-0.05, 0) is 26.2 Å². The molecule has 5 heteroatoms. The van der Waals surface area contributed by atoms with Gasteiger partial charge in [-0.25, -0.2) is 4.79 Å². The number of esters is 1. The first-order valence-corrected chi connectivity index (χ1v) is 6.91. The van der Waals surface area contributed by atoms with Crippen LogP contribution in [-0.4, -0.2) is 54.0 Å². The number of hydrogen-bond acceptors (Lipinski definition) is 5. The predicted molar refractivity (Wildman–Crippen MR) is 70.5 cm³/mol. The van der Waals surface area contributed by atoms with Gasteiger partial charge in [-0.2, -0.15) is 0 Å². The van der Waals surface area contributed by atoms with Crippen molar-refractivity contribution in [2.24, 2.45) is 0 Å². The van der Waals surface area contributed by atoms with Crippen molar-refractivity contribution in [3.8, 4) is 0 Å². The average molecular weight is 269 g/mol. The highest BCUT2D eigenvalue weighted by Gasteiger charge is 2.48. The number of aliphatic hydroxyl groups is 1. The molecule has 2 aliphatic rings. The molecule has 0 aliphatic carbocycles. The highest BCUT2D eigenvalue weighted by atomic mass is 16.6. The minimum atomic E-state index is -0.928. The third-order valence-corrected chi connectivity index (χ3v) is 4.14. The van der Waals surface area contributed by atoms with Crippen LogP contribution in [-0.2, 0) is 14.3 Å². The van der Waals surface area contributed by atoms with E-state index in [-0.39, 0.29) is 12.0 Å². The minimum Gasteiger partial charge on any atom is -0.447 e. The molecule has 0 amide bonds. The van der Waals surface area contributed by atoms with E-state index < -0.39 is 11.7 Å². The molecule has 0 aromatic heterocycles. The van der Waals surface area contributed by atoms with Crippen LogP contribution in [0.3, 0.4) is 0 Å². The summed E-state index contributed by atoms with van der Waals surface area (Å²) in [5.74, 6) is -0.368. The first-order chi connectivity index (χ1) is 9.02. The summed E-state index contributed by atoms with van der Waals surface area (Å²) in [4.78, 5) is 13.8. The highest BCUT2D eigenvalue weighted by molar-refractivity contribution is 5.86. The van der Waals surface area contributed by atoms with E-state index in [1.165, 1.54) is 6.08 Å². The molecule has 0 bridgehead atoms. The second kappa shape index (κ2) is 5.51. The molecule has 1 saturated heterocycles. The Labute approximate surface area is 114 Å². The summed E-state index contributed by atoms with van der Waals surface area (Å²) in [7, 11) is 1.68. The molecule has 2 aliphatic heterocycles. The van der Waals surface area contributed by atoms with E-state index in [1.807, 2.05) is 6.92 Å². The zero-order valence-electron chi connectivity index (χ0n) is 11.9. The quantitative estimate of drug-likeness (QED) is 0.757. The van der Waals surface area contributed by atoms with Crippen LogP contribution in [0.25, 0.3) is 0 Å². The number of hydrogen-bond donors (Lipinski definition) is 1. The number of methoxy groups -OCH3 is 1. The summed E-state index contributed by atoms with van der Waals surface area (Å²) in [5, 5.41) is 10.2. The van der Waals surface area contributed by atoms with E-state index >= 15 is 0 Å². The van der Waals surface area contributed by atoms with Crippen molar-refractivity contribution >= 4 is 5.97 Å². The Morgan fingerprint density at radius 3 is 3.05 bits per heavy atom. The smallest absolute Gasteiger partial charge is 0.333 e. The molecule has 3 atom stereocenters. The van der Waals surface area contributed by atoms with Crippen LogP contribution in [0.4, 0.5) is 0 Å². The molecule has 0 unspecified atom stereocenters. The van der Waals surface area contributed by atoms with Gasteiger partial charge in [-0.1, -0.05) is 6.92 Å². The summed E-state index contributed by atoms with van der Waals surface area (Å²) >= 11 is 0. The SMILES string of the molecule is CC[C@H](O)[C@]1(C)OC(=O)C=C1N1CCC[C@H]1COC. The molecule has 19 heavy (non-hydrogen) atoms. The van der Waals surface area contributed by atoms with Crippen molar-refractivity contribution in [2.75, 3.05) is 20.3 Å². The summed E-state index contributed by atoms with van der Waals surface area (Å²) in [5.41, 5.74) is -0.131. The van der Waals surface area contributed by atoms with E-state index in [0.717, 1.165) is 25.1 Å². The first-order valence-electron chi connectivity index (χ1n) is 6.91. The molecule has 0 saturated carbocycles. The number of nitrogens with zero attached hydrogens (tertiary/aromatic N) is 1. The van der Waals surface area contributed by atoms with Crippen LogP contribution in [0, 0.1) is 0 Å². The fraction of sp³-hybridized carbons (Fsp3) is 0.786. The lowest BCUT2D eigenvalue weighted by Gasteiger charge is -2.38. The molecular weight excluding hydrogens is 246 g/mol. The summed E-state index contributed by atoms with van der Waals surface area (Å²) in [6, 6.07) is 0.258. The fourth-order valence-electron chi connectivity index (χ4n) is 3.06. The van der Waals surface area contributed by atoms with Gasteiger partial charge in [0.25, 0.3) is 0 Å². The van der Waals surface area contributed by atoms with Gasteiger partial charge >= 0.3 is 5.97 Å². The average Bonchev–Trinajstić information content (AvgIpc) is 2.94. The zero-order valence-corrected chi connectivity index (χ0v) is 11.9. The number of likely N-dealkylation sites (tertiary alicyclic amines) is 1. The molecule has 0 radical (unpaired) electrons. The Kier molecular flexibility index (Phi) is 4.16. The molecule has 0 aromatic rings. The predicted octanol–water partition coefficient (Wildman–Crippen LogP) is 1.07. The van der Waals surface area contributed by atoms with Crippen molar-refractivity contribution in [3.63, 3.8) is 0 Å². The van der Waals surface area contributed by atoms with Gasteiger partial charge in [-0.15, -0.1) is 0 Å². The lowest BCUT2D eigenvalue weighted by atomic mass is 9.92. The molecule has 1 N–H and O–H groups in total. The molecule has 5 nitrogen and oxygen atoms in total. The van der Waals surface area contributed by atoms with Gasteiger partial charge in [-0.3, -0.25) is 0 Å². The summed E-state index contributed by atoms with van der Waals surface area (Å²) in [6.07, 6.45) is 3.49. The lowest BCUT2D eigenvalue weighted by Crippen LogP contribution is -2.48. The van der Waals surface area contributed by atoms with Crippen molar-refractivity contribution in [2.45, 2.75) is 50.9 Å². The monoisotopic (exact) mass is 269 g/mol. The molecule has 2 heterocycles. The standard InChI is InChI=1S/C14H23NO4/c1-4-12(16)14(2)11(8-13(17)19-14)15-7-5-6-10(15)9-18-3/h8,10,12,16H,4-7,9H2,1-3H3/t10-,12-,14+/m0/s1. The maximum absolute atomic E-state index is 11.6. The van der Waals surface area contributed by atoms with Crippen LogP contribution >= 0.6 is 0 Å². The van der Waals surface area contributed by atoms with Crippen molar-refractivity contribution in [3.05, 3.63) is 11.8 Å². The zero-order chi connectivity index (χ0) is 14.0. The maximum atomic E-state index is 11.6. The topological polar surface area (TPSA) is 59.0 Å². The molecule has 1 fully saturated rings. The molecule has 0 spiro atoms. The lowest BCUT2D eigenvalue weighted by molar-refractivity contribution is -0.155. The first kappa shape index (κ1) is 14.3. The van der Waals surface area contributed by atoms with Gasteiger partial charge in [0, 0.05) is 19.7 Å². The van der Waals surface area contributed by atoms with Crippen molar-refractivity contribution < 1.29 is 19.4 Å². The van der Waals surface area contributed by atoms with Crippen LogP contribution < -0.4 is 0 Å². The summed E-state index contributed by atoms with van der Waals surface area (Å²) < 4.78 is 10.6. The number of aliphatic hydroxyl groups excluding tert-OH is 1. The van der Waals surface area contributed by atoms with Gasteiger partial charge in [0.05, 0.1) is 24.4 Å². The molecule has 0 aromatic carbocycles. The molecular formula is C14H23NO4. The van der Waals surface area contributed by atoms with E-state index in [9.17, 15) is 9.90 Å². The Balaban J connectivity index is 2.25. The van der Waals surface area contributed by atoms with E-state index in [1.54, 1.807) is 14.0 Å². The Bertz CT molecular complexity index is 382. The molecule has 108 valence electrons. The Hall–Kier alpha value is -1.07. The van der Waals surface area contributed by atoms with Crippen LogP contribution in [0.2, 0.25) is 0 Å². The second-order valence-corrected chi connectivity index (χ2v) is 5.43. The van der Waals surface area contributed by atoms with Crippen molar-refractivity contribution in [1.82, 2.24) is 4.90 Å². The number of cyclic esters (lactones) is 1. The van der Waals surface area contributed by atoms with Gasteiger partial charge in [0.15, 0.2) is 5.60 Å². The maximum Gasteiger partial charge on any atom is 0.333 e. The Morgan fingerprint density at radius 1 is 1.68 bits per heavy atom. The normalized spacial score (nSPS) is 32.4. The van der Waals surface area contributed by atoms with Gasteiger partial charge in [0.2, 0.25) is 0 Å². The second-order valence-electron chi connectivity index (χ2n) is 5.43. The van der Waals surface area contributed by atoms with Gasteiger partial charge in [0.1, 0.15) is 0 Å². The summed E-state index contributed by atoms with van der Waals surface area (Å²) in [6.45, 7) is 5.18. The fourth-order valence-corrected chi connectivity index (χ4v) is 3.06. The number of carbonyl (C=O) groups excluding carboxylic acids is 1. The van der Waals surface area contributed by atoms with Crippen LogP contribution in [0.5, 0.6) is 0 Å². The highest BCUT2D eigenvalue weighted by Crippen LogP contribution is 2.38. The van der Waals surface area contributed by atoms with E-state index in [4.69, 9.17) is 9.47 Å². The largest absolute Gasteiger partial charge is 0.447 e. The van der Waals surface area contributed by atoms with Crippen molar-refractivity contribution in [1.29, 1.82) is 0 Å². The van der Waals surface area contributed by atoms with Crippen LogP contribution in [0.15, 0.2) is 11.8 Å². The Morgan fingerprint density at radius 2 is 2.42 bits per heavy atom. The minimum absolute atomic E-state index is 0.258. The van der Waals surface area contributed by atoms with Gasteiger partial charge < -0.3 is 19.5 Å². The number of rotatable bonds is 5. The van der Waals surface area contributed by atoms with Crippen LogP contribution in [0.1, 0.15) is 33.1 Å². The number of ether oxygens (including phenoxy) is 2. The third kappa shape index (κ3) is 2.49. The van der Waals surface area contributed by atoms with E-state index in [2.05, 4.69) is 4.90 Å². The van der Waals surface area contributed by atoms with E-state index in [0.29, 0.717) is 13.0 Å². The number of carbonyl (C=O) groups is 1. The molecule has 2 rings (SSSR count). The third-order valence-electron chi connectivity index (χ3n) is 4.14.